The van der Waals surface area contributed by atoms with Crippen molar-refractivity contribution in [1.29, 1.82) is 0 Å². The van der Waals surface area contributed by atoms with Crippen LogP contribution in [-0.4, -0.2) is 10.5 Å². The van der Waals surface area contributed by atoms with Crippen molar-refractivity contribution in [3.05, 3.63) is 29.8 Å². The van der Waals surface area contributed by atoms with Crippen LogP contribution >= 0.6 is 12.2 Å². The summed E-state index contributed by atoms with van der Waals surface area (Å²) in [4.78, 5) is 0.445. The summed E-state index contributed by atoms with van der Waals surface area (Å²) in [6, 6.07) is 7.96. The quantitative estimate of drug-likeness (QED) is 0.770. The zero-order chi connectivity index (χ0) is 12.2. The fourth-order valence-corrected chi connectivity index (χ4v) is 1.63. The summed E-state index contributed by atoms with van der Waals surface area (Å²) in [5.41, 5.74) is 7.74. The molecule has 0 aliphatic heterocycles. The van der Waals surface area contributed by atoms with E-state index in [-0.39, 0.29) is 5.54 Å². The van der Waals surface area contributed by atoms with Crippen LogP contribution in [0.15, 0.2) is 24.3 Å². The van der Waals surface area contributed by atoms with Crippen LogP contribution in [0, 0.1) is 0 Å². The molecule has 1 aromatic rings. The molecular formula is C13H20N2S. The first-order valence-electron chi connectivity index (χ1n) is 5.69. The highest BCUT2D eigenvalue weighted by Gasteiger charge is 2.18. The summed E-state index contributed by atoms with van der Waals surface area (Å²) < 4.78 is 0. The van der Waals surface area contributed by atoms with E-state index in [9.17, 15) is 0 Å². The Bertz CT molecular complexity index is 353. The fourth-order valence-electron chi connectivity index (χ4n) is 1.49. The Morgan fingerprint density at radius 2 is 1.75 bits per heavy atom. The number of nitrogens with one attached hydrogen (secondary N) is 1. The minimum atomic E-state index is 0.157. The van der Waals surface area contributed by atoms with E-state index in [1.165, 1.54) is 0 Å². The first-order valence-corrected chi connectivity index (χ1v) is 6.09. The number of rotatable bonds is 5. The van der Waals surface area contributed by atoms with Gasteiger partial charge < -0.3 is 11.1 Å². The minimum Gasteiger partial charge on any atom is -0.389 e. The number of benzene rings is 1. The summed E-state index contributed by atoms with van der Waals surface area (Å²) in [5.74, 6) is 0. The molecule has 2 nitrogen and oxygen atoms in total. The van der Waals surface area contributed by atoms with Gasteiger partial charge in [0.15, 0.2) is 0 Å². The van der Waals surface area contributed by atoms with E-state index in [0.717, 1.165) is 24.1 Å². The molecule has 3 heteroatoms. The standard InChI is InChI=1S/C13H20N2S/c1-4-13(3,5-2)15-11-8-6-10(7-9-11)12(14)16/h6-9,15H,4-5H2,1-3H3,(H2,14,16). The van der Waals surface area contributed by atoms with Gasteiger partial charge in [0.25, 0.3) is 0 Å². The smallest absolute Gasteiger partial charge is 0.103 e. The maximum absolute atomic E-state index is 5.55. The van der Waals surface area contributed by atoms with Crippen molar-refractivity contribution in [1.82, 2.24) is 0 Å². The molecule has 0 saturated heterocycles. The van der Waals surface area contributed by atoms with Gasteiger partial charge in [0.1, 0.15) is 4.99 Å². The van der Waals surface area contributed by atoms with Crippen molar-refractivity contribution in [2.24, 2.45) is 5.73 Å². The Balaban J connectivity index is 2.79. The van der Waals surface area contributed by atoms with Crippen molar-refractivity contribution >= 4 is 22.9 Å². The first kappa shape index (κ1) is 13.0. The second-order valence-electron chi connectivity index (χ2n) is 4.33. The van der Waals surface area contributed by atoms with Gasteiger partial charge in [-0.15, -0.1) is 0 Å². The van der Waals surface area contributed by atoms with Crippen LogP contribution in [0.4, 0.5) is 5.69 Å². The molecule has 0 spiro atoms. The molecule has 0 bridgehead atoms. The molecule has 88 valence electrons. The molecular weight excluding hydrogens is 216 g/mol. The zero-order valence-electron chi connectivity index (χ0n) is 10.2. The molecule has 1 aromatic carbocycles. The van der Waals surface area contributed by atoms with Crippen LogP contribution in [0.3, 0.4) is 0 Å². The normalized spacial score (nSPS) is 11.2. The molecule has 0 radical (unpaired) electrons. The van der Waals surface area contributed by atoms with Gasteiger partial charge in [-0.05, 0) is 44.0 Å². The highest BCUT2D eigenvalue weighted by Crippen LogP contribution is 2.21. The first-order chi connectivity index (χ1) is 7.50. The third kappa shape index (κ3) is 3.20. The van der Waals surface area contributed by atoms with Crippen LogP contribution in [0.2, 0.25) is 0 Å². The lowest BCUT2D eigenvalue weighted by atomic mass is 9.95. The fraction of sp³-hybridized carbons (Fsp3) is 0.462. The monoisotopic (exact) mass is 236 g/mol. The summed E-state index contributed by atoms with van der Waals surface area (Å²) in [7, 11) is 0. The lowest BCUT2D eigenvalue weighted by Crippen LogP contribution is -2.32. The van der Waals surface area contributed by atoms with E-state index in [1.807, 2.05) is 24.3 Å². The molecule has 0 unspecified atom stereocenters. The van der Waals surface area contributed by atoms with Gasteiger partial charge in [-0.2, -0.15) is 0 Å². The van der Waals surface area contributed by atoms with E-state index in [2.05, 4.69) is 26.1 Å². The van der Waals surface area contributed by atoms with E-state index in [4.69, 9.17) is 18.0 Å². The molecule has 0 atom stereocenters. The van der Waals surface area contributed by atoms with E-state index < -0.39 is 0 Å². The maximum atomic E-state index is 5.55. The van der Waals surface area contributed by atoms with Gasteiger partial charge >= 0.3 is 0 Å². The molecule has 0 saturated carbocycles. The summed E-state index contributed by atoms with van der Waals surface area (Å²) in [6.45, 7) is 6.62. The molecule has 0 amide bonds. The number of anilines is 1. The summed E-state index contributed by atoms with van der Waals surface area (Å²) in [6.07, 6.45) is 2.20. The van der Waals surface area contributed by atoms with Crippen LogP contribution in [0.5, 0.6) is 0 Å². The SMILES string of the molecule is CCC(C)(CC)Nc1ccc(C(N)=S)cc1. The third-order valence-electron chi connectivity index (χ3n) is 3.18. The van der Waals surface area contributed by atoms with Crippen molar-refractivity contribution < 1.29 is 0 Å². The Labute approximate surface area is 103 Å². The van der Waals surface area contributed by atoms with Crippen LogP contribution in [0.1, 0.15) is 39.2 Å². The molecule has 0 aromatic heterocycles. The predicted octanol–water partition coefficient (Wildman–Crippen LogP) is 3.31. The van der Waals surface area contributed by atoms with E-state index in [0.29, 0.717) is 4.99 Å². The Hall–Kier alpha value is -1.09. The van der Waals surface area contributed by atoms with Crippen LogP contribution in [-0.2, 0) is 0 Å². The van der Waals surface area contributed by atoms with Gasteiger partial charge in [-0.25, -0.2) is 0 Å². The second kappa shape index (κ2) is 5.30. The van der Waals surface area contributed by atoms with Gasteiger partial charge in [0.05, 0.1) is 0 Å². The lowest BCUT2D eigenvalue weighted by Gasteiger charge is -2.29. The largest absolute Gasteiger partial charge is 0.389 e. The third-order valence-corrected chi connectivity index (χ3v) is 3.41. The van der Waals surface area contributed by atoms with Crippen molar-refractivity contribution in [2.45, 2.75) is 39.2 Å². The number of hydrogen-bond donors (Lipinski definition) is 2. The maximum Gasteiger partial charge on any atom is 0.103 e. The molecule has 1 rings (SSSR count). The van der Waals surface area contributed by atoms with Gasteiger partial charge in [-0.1, -0.05) is 26.1 Å². The Morgan fingerprint density at radius 3 is 2.12 bits per heavy atom. The average molecular weight is 236 g/mol. The minimum absolute atomic E-state index is 0.157. The van der Waals surface area contributed by atoms with Crippen molar-refractivity contribution in [2.75, 3.05) is 5.32 Å². The summed E-state index contributed by atoms with van der Waals surface area (Å²) in [5, 5.41) is 3.54. The molecule has 3 N–H and O–H groups in total. The second-order valence-corrected chi connectivity index (χ2v) is 4.77. The van der Waals surface area contributed by atoms with Crippen molar-refractivity contribution in [3.63, 3.8) is 0 Å². The lowest BCUT2D eigenvalue weighted by molar-refractivity contribution is 0.478. The van der Waals surface area contributed by atoms with Crippen molar-refractivity contribution in [3.8, 4) is 0 Å². The van der Waals surface area contributed by atoms with Crippen LogP contribution in [0.25, 0.3) is 0 Å². The number of hydrogen-bond acceptors (Lipinski definition) is 2. The van der Waals surface area contributed by atoms with Crippen LogP contribution < -0.4 is 11.1 Å². The Morgan fingerprint density at radius 1 is 1.25 bits per heavy atom. The predicted molar refractivity (Wildman–Crippen MR) is 74.9 cm³/mol. The molecule has 0 aliphatic rings. The highest BCUT2D eigenvalue weighted by molar-refractivity contribution is 7.80. The van der Waals surface area contributed by atoms with Gasteiger partial charge in [0, 0.05) is 16.8 Å². The average Bonchev–Trinajstić information content (AvgIpc) is 2.29. The molecule has 0 fully saturated rings. The summed E-state index contributed by atoms with van der Waals surface area (Å²) >= 11 is 4.92. The Kier molecular flexibility index (Phi) is 4.30. The molecule has 16 heavy (non-hydrogen) atoms. The van der Waals surface area contributed by atoms with Gasteiger partial charge in [-0.3, -0.25) is 0 Å². The molecule has 0 aliphatic carbocycles. The molecule has 0 heterocycles. The zero-order valence-corrected chi connectivity index (χ0v) is 11.0. The van der Waals surface area contributed by atoms with Gasteiger partial charge in [0.2, 0.25) is 0 Å². The van der Waals surface area contributed by atoms with E-state index >= 15 is 0 Å². The number of thiocarbonyl (C=S) groups is 1. The number of nitrogens with two attached hydrogens (primary N) is 1. The highest BCUT2D eigenvalue weighted by atomic mass is 32.1. The topological polar surface area (TPSA) is 38.0 Å². The van der Waals surface area contributed by atoms with E-state index in [1.54, 1.807) is 0 Å².